The van der Waals surface area contributed by atoms with Crippen LogP contribution in [0.4, 0.5) is 0 Å². The number of nitrogens with one attached hydrogen (secondary N) is 1. The number of piperidine rings is 1. The van der Waals surface area contributed by atoms with Gasteiger partial charge in [-0.2, -0.15) is 0 Å². The number of rotatable bonds is 3. The maximum absolute atomic E-state index is 12.5. The van der Waals surface area contributed by atoms with Gasteiger partial charge in [-0.3, -0.25) is 4.79 Å². The maximum atomic E-state index is 12.5. The number of hydrogen-bond acceptors (Lipinski definition) is 2. The van der Waals surface area contributed by atoms with Crippen molar-refractivity contribution in [3.05, 3.63) is 35.4 Å². The number of ketones is 1. The first-order chi connectivity index (χ1) is 8.75. The lowest BCUT2D eigenvalue weighted by atomic mass is 9.89. The van der Waals surface area contributed by atoms with Crippen molar-refractivity contribution in [3.63, 3.8) is 0 Å². The van der Waals surface area contributed by atoms with Crippen LogP contribution in [0.25, 0.3) is 0 Å². The molecule has 1 aliphatic carbocycles. The predicted octanol–water partition coefficient (Wildman–Crippen LogP) is 2.82. The zero-order chi connectivity index (χ0) is 12.6. The number of benzene rings is 1. The molecule has 1 aliphatic heterocycles. The highest BCUT2D eigenvalue weighted by molar-refractivity contribution is 6.00. The van der Waals surface area contributed by atoms with Gasteiger partial charge in [0.1, 0.15) is 0 Å². The predicted molar refractivity (Wildman–Crippen MR) is 72.8 cm³/mol. The van der Waals surface area contributed by atoms with Gasteiger partial charge in [0.25, 0.3) is 0 Å². The van der Waals surface area contributed by atoms with Crippen molar-refractivity contribution >= 4 is 5.78 Å². The lowest BCUT2D eigenvalue weighted by Gasteiger charge is -2.23. The average molecular weight is 243 g/mol. The Bertz CT molecular complexity index is 443. The molecule has 2 heteroatoms. The highest BCUT2D eigenvalue weighted by atomic mass is 16.1. The Morgan fingerprint density at radius 1 is 1.28 bits per heavy atom. The van der Waals surface area contributed by atoms with Gasteiger partial charge < -0.3 is 5.32 Å². The molecule has 1 aromatic rings. The number of Topliss-reactive ketones (excluding diaryl/α,β-unsaturated/α-hetero) is 1. The molecule has 18 heavy (non-hydrogen) atoms. The highest BCUT2D eigenvalue weighted by Crippen LogP contribution is 2.59. The van der Waals surface area contributed by atoms with Crippen molar-refractivity contribution in [2.75, 3.05) is 13.1 Å². The molecule has 1 saturated carbocycles. The number of aryl methyl sites for hydroxylation is 1. The van der Waals surface area contributed by atoms with Crippen LogP contribution < -0.4 is 5.32 Å². The number of carbonyl (C=O) groups is 1. The monoisotopic (exact) mass is 243 g/mol. The molecular formula is C16H21NO. The van der Waals surface area contributed by atoms with Gasteiger partial charge in [0.05, 0.1) is 0 Å². The van der Waals surface area contributed by atoms with E-state index < -0.39 is 0 Å². The smallest absolute Gasteiger partial charge is 0.166 e. The Labute approximate surface area is 109 Å². The molecule has 2 fully saturated rings. The van der Waals surface area contributed by atoms with Crippen LogP contribution >= 0.6 is 0 Å². The first-order valence-electron chi connectivity index (χ1n) is 7.09. The highest BCUT2D eigenvalue weighted by Gasteiger charge is 2.57. The minimum atomic E-state index is 0.298. The van der Waals surface area contributed by atoms with Crippen molar-refractivity contribution in [1.29, 1.82) is 0 Å². The zero-order valence-electron chi connectivity index (χ0n) is 11.0. The zero-order valence-corrected chi connectivity index (χ0v) is 11.0. The third kappa shape index (κ3) is 1.99. The minimum Gasteiger partial charge on any atom is -0.317 e. The molecular weight excluding hydrogens is 222 g/mol. The number of hydrogen-bond donors (Lipinski definition) is 1. The molecule has 2 aliphatic rings. The van der Waals surface area contributed by atoms with Crippen molar-refractivity contribution in [3.8, 4) is 0 Å². The second-order valence-corrected chi connectivity index (χ2v) is 5.78. The molecule has 0 aromatic heterocycles. The Balaban J connectivity index is 1.71. The lowest BCUT2D eigenvalue weighted by Crippen LogP contribution is -2.30. The molecule has 1 aromatic carbocycles. The van der Waals surface area contributed by atoms with Crippen LogP contribution in [0.3, 0.4) is 0 Å². The van der Waals surface area contributed by atoms with Crippen molar-refractivity contribution in [2.45, 2.75) is 32.6 Å². The van der Waals surface area contributed by atoms with E-state index in [2.05, 4.69) is 24.4 Å². The fourth-order valence-corrected chi connectivity index (χ4v) is 3.30. The van der Waals surface area contributed by atoms with Crippen molar-refractivity contribution in [2.24, 2.45) is 11.3 Å². The minimum absolute atomic E-state index is 0.298. The standard InChI is InChI=1S/C16H21NO/c1-2-12-3-5-13(6-4-12)15(18)14-11-16(14)7-9-17-10-8-16/h3-6,14,17H,2,7-11H2,1H3. The van der Waals surface area contributed by atoms with Crippen LogP contribution in [0, 0.1) is 11.3 Å². The molecule has 0 radical (unpaired) electrons. The largest absolute Gasteiger partial charge is 0.317 e. The Morgan fingerprint density at radius 3 is 2.56 bits per heavy atom. The average Bonchev–Trinajstić information content (AvgIpc) is 3.12. The van der Waals surface area contributed by atoms with E-state index in [-0.39, 0.29) is 0 Å². The third-order valence-corrected chi connectivity index (χ3v) is 4.75. The van der Waals surface area contributed by atoms with Gasteiger partial charge in [-0.25, -0.2) is 0 Å². The van der Waals surface area contributed by atoms with E-state index in [1.165, 1.54) is 18.4 Å². The quantitative estimate of drug-likeness (QED) is 0.827. The number of carbonyl (C=O) groups excluding carboxylic acids is 1. The van der Waals surface area contributed by atoms with E-state index in [0.717, 1.165) is 31.5 Å². The summed E-state index contributed by atoms with van der Waals surface area (Å²) in [6.45, 7) is 4.30. The summed E-state index contributed by atoms with van der Waals surface area (Å²) in [4.78, 5) is 12.5. The normalized spacial score (nSPS) is 25.1. The molecule has 1 atom stereocenters. The Morgan fingerprint density at radius 2 is 1.94 bits per heavy atom. The first-order valence-corrected chi connectivity index (χ1v) is 7.09. The summed E-state index contributed by atoms with van der Waals surface area (Å²) in [6.07, 6.45) is 4.50. The fraction of sp³-hybridized carbons (Fsp3) is 0.562. The Kier molecular flexibility index (Phi) is 2.98. The van der Waals surface area contributed by atoms with Crippen molar-refractivity contribution in [1.82, 2.24) is 5.32 Å². The van der Waals surface area contributed by atoms with E-state index in [4.69, 9.17) is 0 Å². The second kappa shape index (κ2) is 4.51. The molecule has 0 amide bonds. The molecule has 1 heterocycles. The molecule has 96 valence electrons. The first kappa shape index (κ1) is 11.9. The van der Waals surface area contributed by atoms with E-state index in [1.54, 1.807) is 0 Å². The summed E-state index contributed by atoms with van der Waals surface area (Å²) in [6, 6.07) is 8.19. The van der Waals surface area contributed by atoms with Gasteiger partial charge in [0.2, 0.25) is 0 Å². The third-order valence-electron chi connectivity index (χ3n) is 4.75. The summed E-state index contributed by atoms with van der Waals surface area (Å²) in [5.41, 5.74) is 2.57. The summed E-state index contributed by atoms with van der Waals surface area (Å²) >= 11 is 0. The van der Waals surface area contributed by atoms with Gasteiger partial charge >= 0.3 is 0 Å². The Hall–Kier alpha value is -1.15. The lowest BCUT2D eigenvalue weighted by molar-refractivity contribution is 0.0940. The van der Waals surface area contributed by atoms with Gasteiger partial charge in [0, 0.05) is 11.5 Å². The van der Waals surface area contributed by atoms with Crippen molar-refractivity contribution < 1.29 is 4.79 Å². The molecule has 2 nitrogen and oxygen atoms in total. The molecule has 0 bridgehead atoms. The van der Waals surface area contributed by atoms with Crippen LogP contribution in [-0.4, -0.2) is 18.9 Å². The van der Waals surface area contributed by atoms with Gasteiger partial charge in [-0.1, -0.05) is 31.2 Å². The molecule has 1 unspecified atom stereocenters. The van der Waals surface area contributed by atoms with E-state index in [1.807, 2.05) is 12.1 Å². The van der Waals surface area contributed by atoms with Gasteiger partial charge in [-0.15, -0.1) is 0 Å². The summed E-state index contributed by atoms with van der Waals surface area (Å²) in [5, 5.41) is 3.38. The van der Waals surface area contributed by atoms with E-state index in [0.29, 0.717) is 17.1 Å². The molecule has 1 saturated heterocycles. The van der Waals surface area contributed by atoms with Gasteiger partial charge in [0.15, 0.2) is 5.78 Å². The van der Waals surface area contributed by atoms with Crippen LogP contribution in [0.15, 0.2) is 24.3 Å². The van der Waals surface area contributed by atoms with E-state index in [9.17, 15) is 4.79 Å². The maximum Gasteiger partial charge on any atom is 0.166 e. The van der Waals surface area contributed by atoms with Crippen LogP contribution in [0.1, 0.15) is 42.1 Å². The van der Waals surface area contributed by atoms with Gasteiger partial charge in [-0.05, 0) is 49.8 Å². The van der Waals surface area contributed by atoms with Crippen LogP contribution in [0.5, 0.6) is 0 Å². The summed E-state index contributed by atoms with van der Waals surface area (Å²) in [7, 11) is 0. The summed E-state index contributed by atoms with van der Waals surface area (Å²) in [5.74, 6) is 0.673. The van der Waals surface area contributed by atoms with E-state index >= 15 is 0 Å². The fourth-order valence-electron chi connectivity index (χ4n) is 3.30. The summed E-state index contributed by atoms with van der Waals surface area (Å²) < 4.78 is 0. The SMILES string of the molecule is CCc1ccc(C(=O)C2CC23CCNCC3)cc1. The topological polar surface area (TPSA) is 29.1 Å². The molecule has 3 rings (SSSR count). The van der Waals surface area contributed by atoms with Crippen LogP contribution in [-0.2, 0) is 6.42 Å². The second-order valence-electron chi connectivity index (χ2n) is 5.78. The van der Waals surface area contributed by atoms with Crippen LogP contribution in [0.2, 0.25) is 0 Å². The molecule has 1 spiro atoms. The molecule has 1 N–H and O–H groups in total.